The molecule has 0 amide bonds. The average Bonchev–Trinajstić information content (AvgIpc) is 3.09. The van der Waals surface area contributed by atoms with Gasteiger partial charge in [-0.3, -0.25) is 0 Å². The Morgan fingerprint density at radius 3 is 2.20 bits per heavy atom. The van der Waals surface area contributed by atoms with Crippen LogP contribution < -0.4 is 15.5 Å². The van der Waals surface area contributed by atoms with Gasteiger partial charge in [-0.05, 0) is 93.3 Å². The summed E-state index contributed by atoms with van der Waals surface area (Å²) >= 11 is 0. The Morgan fingerprint density at radius 1 is 1.07 bits per heavy atom. The quantitative estimate of drug-likeness (QED) is 0.179. The lowest BCUT2D eigenvalue weighted by atomic mass is 9.99. The van der Waals surface area contributed by atoms with Crippen molar-refractivity contribution in [2.75, 3.05) is 50.1 Å². The first kappa shape index (κ1) is 40.4. The smallest absolute Gasteiger partial charge is 0.141 e. The van der Waals surface area contributed by atoms with Crippen LogP contribution in [0.3, 0.4) is 0 Å². The fourth-order valence-corrected chi connectivity index (χ4v) is 5.01. The van der Waals surface area contributed by atoms with Crippen LogP contribution in [0.5, 0.6) is 0 Å². The van der Waals surface area contributed by atoms with E-state index in [-0.39, 0.29) is 5.56 Å². The Bertz CT molecular complexity index is 1280. The Balaban J connectivity index is 0.000000690. The Labute approximate surface area is 279 Å². The van der Waals surface area contributed by atoms with Crippen molar-refractivity contribution in [1.82, 2.24) is 4.90 Å². The maximum absolute atomic E-state index is 14.5. The molecule has 1 fully saturated rings. The topological polar surface area (TPSA) is 79.8 Å². The highest BCUT2D eigenvalue weighted by Gasteiger charge is 2.17. The summed E-state index contributed by atoms with van der Waals surface area (Å²) in [5.74, 6) is 0.329. The van der Waals surface area contributed by atoms with E-state index in [4.69, 9.17) is 11.0 Å². The van der Waals surface area contributed by atoms with Gasteiger partial charge in [0, 0.05) is 61.9 Å². The minimum absolute atomic E-state index is 0.00924. The molecule has 0 aliphatic carbocycles. The maximum atomic E-state index is 14.5. The van der Waals surface area contributed by atoms with Crippen LogP contribution >= 0.6 is 0 Å². The van der Waals surface area contributed by atoms with Crippen molar-refractivity contribution >= 4 is 17.1 Å². The summed E-state index contributed by atoms with van der Waals surface area (Å²) in [6.07, 6.45) is 11.2. The van der Waals surface area contributed by atoms with Gasteiger partial charge in [-0.15, -0.1) is 0 Å². The molecule has 2 aromatic carbocycles. The zero-order chi connectivity index (χ0) is 34.6. The Kier molecular flexibility index (Phi) is 19.3. The number of aliphatic hydroxyl groups excluding tert-OH is 1. The van der Waals surface area contributed by atoms with Gasteiger partial charge in [0.15, 0.2) is 0 Å². The maximum Gasteiger partial charge on any atom is 0.141 e. The molecule has 3 N–H and O–H groups in total. The molecule has 1 aliphatic rings. The summed E-state index contributed by atoms with van der Waals surface area (Å²) in [5.41, 5.74) is 10.8. The number of hydrogen-bond acceptors (Lipinski definition) is 6. The molecule has 7 heteroatoms. The molecule has 0 radical (unpaired) electrons. The lowest BCUT2D eigenvalue weighted by Crippen LogP contribution is -2.44. The lowest BCUT2D eigenvalue weighted by Gasteiger charge is -2.34. The lowest BCUT2D eigenvalue weighted by molar-refractivity contribution is 0.313. The number of rotatable bonds is 12. The van der Waals surface area contributed by atoms with Gasteiger partial charge < -0.3 is 25.5 Å². The first-order chi connectivity index (χ1) is 22.1. The van der Waals surface area contributed by atoms with Crippen molar-refractivity contribution in [1.29, 1.82) is 5.26 Å². The van der Waals surface area contributed by atoms with Gasteiger partial charge in [0.05, 0.1) is 11.8 Å². The van der Waals surface area contributed by atoms with Gasteiger partial charge in [-0.1, -0.05) is 66.0 Å². The molecule has 0 spiro atoms. The largest absolute Gasteiger partial charge is 0.515 e. The zero-order valence-electron chi connectivity index (χ0n) is 30.0. The highest BCUT2D eigenvalue weighted by Crippen LogP contribution is 2.30. The SMILES string of the molecule is C/C=C(\C=C(\c1ccc(C#N)c(F)c1)N(C)c1ccc(N2CCN(C)CC2)cc1)C(C)=CO.CC.CCC(C)CCCC(N)CC. The van der Waals surface area contributed by atoms with E-state index in [1.807, 2.05) is 57.9 Å². The van der Waals surface area contributed by atoms with Gasteiger partial charge in [-0.25, -0.2) is 4.39 Å². The van der Waals surface area contributed by atoms with Gasteiger partial charge in [-0.2, -0.15) is 5.26 Å². The first-order valence-corrected chi connectivity index (χ1v) is 17.0. The second-order valence-corrected chi connectivity index (χ2v) is 11.9. The third kappa shape index (κ3) is 13.0. The fraction of sp³-hybridized carbons (Fsp3) is 0.513. The molecule has 0 saturated carbocycles. The summed E-state index contributed by atoms with van der Waals surface area (Å²) in [5, 5.41) is 18.6. The van der Waals surface area contributed by atoms with Crippen LogP contribution in [0.4, 0.5) is 15.8 Å². The van der Waals surface area contributed by atoms with Gasteiger partial charge in [0.25, 0.3) is 0 Å². The number of hydrogen-bond donors (Lipinski definition) is 2. The van der Waals surface area contributed by atoms with Crippen molar-refractivity contribution in [3.63, 3.8) is 0 Å². The molecule has 1 heterocycles. The number of benzene rings is 2. The molecule has 2 unspecified atom stereocenters. The van der Waals surface area contributed by atoms with E-state index in [1.54, 1.807) is 6.07 Å². The third-order valence-electron chi connectivity index (χ3n) is 8.60. The van der Waals surface area contributed by atoms with Crippen LogP contribution in [-0.2, 0) is 0 Å². The number of allylic oxidation sites excluding steroid dienone is 4. The summed E-state index contributed by atoms with van der Waals surface area (Å²) in [7, 11) is 4.07. The first-order valence-electron chi connectivity index (χ1n) is 17.0. The van der Waals surface area contributed by atoms with Crippen LogP contribution in [0.2, 0.25) is 0 Å². The molecule has 0 aromatic heterocycles. The van der Waals surface area contributed by atoms with E-state index in [9.17, 15) is 9.50 Å². The second kappa shape index (κ2) is 22.0. The van der Waals surface area contributed by atoms with Crippen molar-refractivity contribution in [3.8, 4) is 6.07 Å². The fourth-order valence-electron chi connectivity index (χ4n) is 5.01. The monoisotopic (exact) mass is 633 g/mol. The average molecular weight is 634 g/mol. The van der Waals surface area contributed by atoms with Crippen LogP contribution in [0.15, 0.2) is 72.0 Å². The highest BCUT2D eigenvalue weighted by molar-refractivity contribution is 5.82. The number of anilines is 2. The molecule has 6 nitrogen and oxygen atoms in total. The van der Waals surface area contributed by atoms with Crippen molar-refractivity contribution in [2.45, 2.75) is 86.6 Å². The third-order valence-corrected chi connectivity index (χ3v) is 8.60. The normalized spacial score (nSPS) is 15.5. The highest BCUT2D eigenvalue weighted by atomic mass is 19.1. The number of nitrogens with two attached hydrogens (primary N) is 1. The molecule has 2 atom stereocenters. The number of halogens is 1. The minimum atomic E-state index is -0.559. The van der Waals surface area contributed by atoms with Crippen LogP contribution in [0.25, 0.3) is 5.70 Å². The molecule has 3 rings (SSSR count). The van der Waals surface area contributed by atoms with E-state index < -0.39 is 5.82 Å². The molecule has 0 bridgehead atoms. The minimum Gasteiger partial charge on any atom is -0.515 e. The number of nitrogens with zero attached hydrogens (tertiary/aromatic N) is 4. The second-order valence-electron chi connectivity index (χ2n) is 11.9. The predicted molar refractivity (Wildman–Crippen MR) is 197 cm³/mol. The summed E-state index contributed by atoms with van der Waals surface area (Å²) in [4.78, 5) is 6.70. The van der Waals surface area contributed by atoms with E-state index in [0.717, 1.165) is 61.7 Å². The van der Waals surface area contributed by atoms with Gasteiger partial charge in [0.1, 0.15) is 11.9 Å². The predicted octanol–water partition coefficient (Wildman–Crippen LogP) is 9.30. The molecule has 254 valence electrons. The van der Waals surface area contributed by atoms with Gasteiger partial charge in [0.2, 0.25) is 0 Å². The number of nitriles is 1. The van der Waals surface area contributed by atoms with Crippen LogP contribution in [0.1, 0.15) is 91.7 Å². The molecule has 1 aliphatic heterocycles. The van der Waals surface area contributed by atoms with E-state index in [1.165, 1.54) is 43.5 Å². The molecular weight excluding hydrogens is 573 g/mol. The van der Waals surface area contributed by atoms with E-state index >= 15 is 0 Å². The summed E-state index contributed by atoms with van der Waals surface area (Å²) in [6.45, 7) is 18.5. The van der Waals surface area contributed by atoms with E-state index in [2.05, 4.69) is 61.9 Å². The molecular formula is C39H60FN5O. The Morgan fingerprint density at radius 2 is 1.70 bits per heavy atom. The number of aliphatic hydroxyl groups is 1. The Hall–Kier alpha value is -3.60. The zero-order valence-corrected chi connectivity index (χ0v) is 30.0. The van der Waals surface area contributed by atoms with Crippen molar-refractivity contribution in [2.24, 2.45) is 11.7 Å². The molecule has 46 heavy (non-hydrogen) atoms. The van der Waals surface area contributed by atoms with E-state index in [0.29, 0.717) is 17.2 Å². The van der Waals surface area contributed by atoms with Gasteiger partial charge >= 0.3 is 0 Å². The standard InChI is InChI=1S/C27H31FN4O.C10H23N.C2H6/c1-5-21(20(2)19-33)17-27(22-6-7-23(18-29)26(28)16-22)31(4)24-8-10-25(11-9-24)32-14-12-30(3)13-15-32;1-4-9(3)7-6-8-10(11)5-2;1-2/h5-11,16-17,19,33H,12-15H2,1-4H3;9-10H,4-8,11H2,1-3H3;1-2H3/b20-19?,21-5+,27-17-;;. The summed E-state index contributed by atoms with van der Waals surface area (Å²) in [6, 6.07) is 15.3. The summed E-state index contributed by atoms with van der Waals surface area (Å²) < 4.78 is 14.5. The van der Waals surface area contributed by atoms with Crippen LogP contribution in [0, 0.1) is 23.1 Å². The van der Waals surface area contributed by atoms with Crippen molar-refractivity contribution < 1.29 is 9.50 Å². The van der Waals surface area contributed by atoms with Crippen molar-refractivity contribution in [3.05, 3.63) is 89.0 Å². The number of likely N-dealkylation sites (N-methyl/N-ethyl adjacent to an activating group) is 1. The van der Waals surface area contributed by atoms with Crippen LogP contribution in [-0.4, -0.2) is 56.3 Å². The molecule has 1 saturated heterocycles. The number of piperazine rings is 1. The molecule has 2 aromatic rings.